The van der Waals surface area contributed by atoms with Gasteiger partial charge in [0.2, 0.25) is 0 Å². The zero-order valence-electron chi connectivity index (χ0n) is 15.6. The number of fused-ring (bicyclic) bond motifs is 1. The van der Waals surface area contributed by atoms with Crippen molar-refractivity contribution in [3.63, 3.8) is 0 Å². The van der Waals surface area contributed by atoms with Gasteiger partial charge in [0.25, 0.3) is 11.5 Å². The van der Waals surface area contributed by atoms with Crippen LogP contribution in [0, 0.1) is 6.92 Å². The summed E-state index contributed by atoms with van der Waals surface area (Å²) in [6.07, 6.45) is 4.88. The van der Waals surface area contributed by atoms with Crippen molar-refractivity contribution in [2.45, 2.75) is 20.0 Å². The van der Waals surface area contributed by atoms with E-state index >= 15 is 0 Å². The lowest BCUT2D eigenvalue weighted by atomic mass is 10.2. The molecule has 3 aromatic heterocycles. The van der Waals surface area contributed by atoms with Crippen molar-refractivity contribution in [2.24, 2.45) is 0 Å². The number of benzene rings is 1. The maximum absolute atomic E-state index is 13.0. The molecule has 0 unspecified atom stereocenters. The summed E-state index contributed by atoms with van der Waals surface area (Å²) in [6, 6.07) is 11.1. The lowest BCUT2D eigenvalue weighted by Gasteiger charge is -2.07. The highest BCUT2D eigenvalue weighted by Gasteiger charge is 2.19. The minimum atomic E-state index is -0.230. The second-order valence-electron chi connectivity index (χ2n) is 6.55. The Morgan fingerprint density at radius 3 is 2.83 bits per heavy atom. The van der Waals surface area contributed by atoms with Crippen LogP contribution in [0.3, 0.4) is 0 Å². The topological polar surface area (TPSA) is 76.9 Å². The predicted molar refractivity (Wildman–Crippen MR) is 115 cm³/mol. The lowest BCUT2D eigenvalue weighted by molar-refractivity contribution is 0.0954. The monoisotopic (exact) mass is 424 g/mol. The number of rotatable bonds is 5. The first-order chi connectivity index (χ1) is 14.0. The molecule has 1 N–H and O–H groups in total. The molecule has 146 valence electrons. The SMILES string of the molecule is Cc1c(C(=O)NCc2cccnc2)sc2ncn(Cc3ccccc3Cl)c(=O)c12. The van der Waals surface area contributed by atoms with Gasteiger partial charge in [-0.1, -0.05) is 35.9 Å². The molecular formula is C21H17ClN4O2S. The lowest BCUT2D eigenvalue weighted by Crippen LogP contribution is -2.23. The van der Waals surface area contributed by atoms with E-state index < -0.39 is 0 Å². The normalized spacial score (nSPS) is 11.0. The Morgan fingerprint density at radius 2 is 2.07 bits per heavy atom. The highest BCUT2D eigenvalue weighted by Crippen LogP contribution is 2.27. The van der Waals surface area contributed by atoms with E-state index in [0.29, 0.717) is 38.8 Å². The van der Waals surface area contributed by atoms with E-state index in [2.05, 4.69) is 15.3 Å². The summed E-state index contributed by atoms with van der Waals surface area (Å²) < 4.78 is 1.51. The summed E-state index contributed by atoms with van der Waals surface area (Å²) in [5, 5.41) is 3.94. The molecule has 0 radical (unpaired) electrons. The number of hydrogen-bond donors (Lipinski definition) is 1. The largest absolute Gasteiger partial charge is 0.347 e. The Balaban J connectivity index is 1.63. The van der Waals surface area contributed by atoms with Crippen molar-refractivity contribution in [2.75, 3.05) is 0 Å². The Labute approximate surface area is 175 Å². The summed E-state index contributed by atoms with van der Waals surface area (Å²) in [7, 11) is 0. The Bertz CT molecular complexity index is 1250. The van der Waals surface area contributed by atoms with E-state index in [1.165, 1.54) is 22.2 Å². The van der Waals surface area contributed by atoms with Gasteiger partial charge in [0.15, 0.2) is 0 Å². The van der Waals surface area contributed by atoms with Crippen molar-refractivity contribution >= 4 is 39.1 Å². The number of pyridine rings is 1. The molecule has 0 bridgehead atoms. The van der Waals surface area contributed by atoms with Crippen LogP contribution in [0.15, 0.2) is 59.9 Å². The van der Waals surface area contributed by atoms with Crippen LogP contribution in [-0.2, 0) is 13.1 Å². The third-order valence-corrected chi connectivity index (χ3v) is 6.17. The summed E-state index contributed by atoms with van der Waals surface area (Å²) >= 11 is 7.44. The number of thiophene rings is 1. The second kappa shape index (κ2) is 8.14. The molecule has 0 fully saturated rings. The summed E-state index contributed by atoms with van der Waals surface area (Å²) in [5.74, 6) is -0.230. The van der Waals surface area contributed by atoms with Crippen LogP contribution in [0.25, 0.3) is 10.2 Å². The molecule has 3 heterocycles. The molecule has 4 rings (SSSR count). The van der Waals surface area contributed by atoms with Gasteiger partial charge in [-0.15, -0.1) is 11.3 Å². The van der Waals surface area contributed by atoms with E-state index in [0.717, 1.165) is 11.1 Å². The molecule has 4 aromatic rings. The molecular weight excluding hydrogens is 408 g/mol. The van der Waals surface area contributed by atoms with Gasteiger partial charge in [-0.05, 0) is 35.7 Å². The average molecular weight is 425 g/mol. The molecule has 29 heavy (non-hydrogen) atoms. The van der Waals surface area contributed by atoms with Gasteiger partial charge < -0.3 is 5.32 Å². The Hall–Kier alpha value is -3.03. The van der Waals surface area contributed by atoms with E-state index in [9.17, 15) is 9.59 Å². The molecule has 0 spiro atoms. The van der Waals surface area contributed by atoms with Crippen LogP contribution in [0.2, 0.25) is 5.02 Å². The van der Waals surface area contributed by atoms with Crippen molar-refractivity contribution in [3.05, 3.63) is 92.1 Å². The zero-order chi connectivity index (χ0) is 20.4. The van der Waals surface area contributed by atoms with Gasteiger partial charge in [-0.3, -0.25) is 19.1 Å². The molecule has 0 aliphatic rings. The number of aromatic nitrogens is 3. The smallest absolute Gasteiger partial charge is 0.262 e. The van der Waals surface area contributed by atoms with E-state index in [-0.39, 0.29) is 11.5 Å². The zero-order valence-corrected chi connectivity index (χ0v) is 17.1. The van der Waals surface area contributed by atoms with Gasteiger partial charge in [0.1, 0.15) is 4.83 Å². The maximum Gasteiger partial charge on any atom is 0.262 e. The molecule has 8 heteroatoms. The summed E-state index contributed by atoms with van der Waals surface area (Å²) in [4.78, 5) is 35.2. The highest BCUT2D eigenvalue weighted by molar-refractivity contribution is 7.20. The van der Waals surface area contributed by atoms with Crippen molar-refractivity contribution in [1.29, 1.82) is 0 Å². The Morgan fingerprint density at radius 1 is 1.24 bits per heavy atom. The van der Waals surface area contributed by atoms with E-state index in [1.54, 1.807) is 25.4 Å². The van der Waals surface area contributed by atoms with Crippen LogP contribution in [0.4, 0.5) is 0 Å². The number of aryl methyl sites for hydroxylation is 1. The van der Waals surface area contributed by atoms with Crippen molar-refractivity contribution in [3.8, 4) is 0 Å². The van der Waals surface area contributed by atoms with Gasteiger partial charge in [-0.2, -0.15) is 0 Å². The van der Waals surface area contributed by atoms with Gasteiger partial charge in [0, 0.05) is 24.0 Å². The number of carbonyl (C=O) groups excluding carboxylic acids is 1. The molecule has 0 aliphatic carbocycles. The number of carbonyl (C=O) groups is 1. The average Bonchev–Trinajstić information content (AvgIpc) is 3.08. The third kappa shape index (κ3) is 3.92. The predicted octanol–water partition coefficient (Wildman–Crippen LogP) is 3.79. The van der Waals surface area contributed by atoms with Crippen LogP contribution < -0.4 is 10.9 Å². The van der Waals surface area contributed by atoms with E-state index in [4.69, 9.17) is 11.6 Å². The van der Waals surface area contributed by atoms with Gasteiger partial charge >= 0.3 is 0 Å². The van der Waals surface area contributed by atoms with Crippen molar-refractivity contribution in [1.82, 2.24) is 19.9 Å². The minimum absolute atomic E-state index is 0.185. The Kier molecular flexibility index (Phi) is 5.42. The fraction of sp³-hybridized carbons (Fsp3) is 0.143. The number of hydrogen-bond acceptors (Lipinski definition) is 5. The fourth-order valence-electron chi connectivity index (χ4n) is 3.06. The molecule has 1 aromatic carbocycles. The first-order valence-corrected chi connectivity index (χ1v) is 10.1. The number of nitrogens with one attached hydrogen (secondary N) is 1. The standard InChI is InChI=1S/C21H17ClN4O2S/c1-13-17-20(29-18(13)19(27)24-10-14-5-4-8-23-9-14)25-12-26(21(17)28)11-15-6-2-3-7-16(15)22/h2-9,12H,10-11H2,1H3,(H,24,27). The number of amides is 1. The molecule has 6 nitrogen and oxygen atoms in total. The van der Waals surface area contributed by atoms with E-state index in [1.807, 2.05) is 30.3 Å². The van der Waals surface area contributed by atoms with Crippen molar-refractivity contribution < 1.29 is 4.79 Å². The van der Waals surface area contributed by atoms with Crippen LogP contribution in [0.5, 0.6) is 0 Å². The quantitative estimate of drug-likeness (QED) is 0.528. The highest BCUT2D eigenvalue weighted by atomic mass is 35.5. The summed E-state index contributed by atoms with van der Waals surface area (Å²) in [6.45, 7) is 2.46. The first-order valence-electron chi connectivity index (χ1n) is 8.93. The maximum atomic E-state index is 13.0. The van der Waals surface area contributed by atoms with Crippen LogP contribution in [-0.4, -0.2) is 20.4 Å². The molecule has 1 amide bonds. The molecule has 0 aliphatic heterocycles. The first kappa shape index (κ1) is 19.3. The van der Waals surface area contributed by atoms with Crippen LogP contribution in [0.1, 0.15) is 26.4 Å². The van der Waals surface area contributed by atoms with Gasteiger partial charge in [-0.25, -0.2) is 4.98 Å². The second-order valence-corrected chi connectivity index (χ2v) is 7.96. The van der Waals surface area contributed by atoms with Crippen LogP contribution >= 0.6 is 22.9 Å². The fourth-order valence-corrected chi connectivity index (χ4v) is 4.32. The third-order valence-electron chi connectivity index (χ3n) is 4.60. The summed E-state index contributed by atoms with van der Waals surface area (Å²) in [5.41, 5.74) is 2.19. The molecule has 0 atom stereocenters. The van der Waals surface area contributed by atoms with Gasteiger partial charge in [0.05, 0.1) is 23.1 Å². The number of halogens is 1. The minimum Gasteiger partial charge on any atom is -0.347 e. The number of nitrogens with zero attached hydrogens (tertiary/aromatic N) is 3. The molecule has 0 saturated carbocycles. The molecule has 0 saturated heterocycles.